The number of aliphatic hydroxyl groups excluding tert-OH is 2. The number of carbonyl (C=O) groups excluding carboxylic acids is 1. The van der Waals surface area contributed by atoms with Gasteiger partial charge in [0, 0.05) is 12.0 Å². The van der Waals surface area contributed by atoms with Gasteiger partial charge in [-0.25, -0.2) is 15.0 Å². The van der Waals surface area contributed by atoms with Crippen molar-refractivity contribution in [2.75, 3.05) is 18.9 Å². The Hall–Kier alpha value is -4.82. The molecule has 10 heteroatoms. The molecule has 0 radical (unpaired) electrons. The van der Waals surface area contributed by atoms with Crippen molar-refractivity contribution in [3.63, 3.8) is 0 Å². The Kier molecular flexibility index (Phi) is 5.71. The first-order valence-electron chi connectivity index (χ1n) is 12.9. The molecular weight excluding hydrogens is 508 g/mol. The lowest BCUT2D eigenvalue weighted by Gasteiger charge is -2.14. The number of hydrogen-bond donors (Lipinski definition) is 4. The maximum Gasteiger partial charge on any atom is 0.252 e. The molecule has 7 rings (SSSR count). The number of rotatable bonds is 4. The van der Waals surface area contributed by atoms with Crippen LogP contribution in [0.4, 0.5) is 5.82 Å². The Balaban J connectivity index is 1.18. The van der Waals surface area contributed by atoms with E-state index in [4.69, 9.17) is 10.5 Å². The summed E-state index contributed by atoms with van der Waals surface area (Å²) in [5.74, 6) is 6.19. The van der Waals surface area contributed by atoms with Crippen molar-refractivity contribution < 1.29 is 19.7 Å². The summed E-state index contributed by atoms with van der Waals surface area (Å²) >= 11 is 0. The molecule has 1 aliphatic rings. The van der Waals surface area contributed by atoms with Crippen LogP contribution in [0.1, 0.15) is 28.8 Å². The van der Waals surface area contributed by atoms with Crippen molar-refractivity contribution in [2.45, 2.75) is 24.9 Å². The molecule has 1 aliphatic heterocycles. The van der Waals surface area contributed by atoms with E-state index < -0.39 is 18.4 Å². The highest BCUT2D eigenvalue weighted by atomic mass is 16.5. The first kappa shape index (κ1) is 24.2. The zero-order valence-corrected chi connectivity index (χ0v) is 21.2. The summed E-state index contributed by atoms with van der Waals surface area (Å²) in [4.78, 5) is 26.1. The van der Waals surface area contributed by atoms with Gasteiger partial charge in [-0.1, -0.05) is 54.5 Å². The van der Waals surface area contributed by atoms with Gasteiger partial charge >= 0.3 is 0 Å². The van der Waals surface area contributed by atoms with E-state index in [9.17, 15) is 15.0 Å². The third-order valence-electron chi connectivity index (χ3n) is 7.49. The van der Waals surface area contributed by atoms with Crippen molar-refractivity contribution in [3.05, 3.63) is 72.3 Å². The van der Waals surface area contributed by atoms with E-state index in [0.29, 0.717) is 22.6 Å². The molecule has 1 saturated heterocycles. The van der Waals surface area contributed by atoms with Gasteiger partial charge < -0.3 is 26.0 Å². The zero-order chi connectivity index (χ0) is 27.4. The molecule has 0 unspecified atom stereocenters. The molecule has 1 fully saturated rings. The topological polar surface area (TPSA) is 148 Å². The Morgan fingerprint density at radius 1 is 1.07 bits per heavy atom. The maximum atomic E-state index is 13.3. The normalized spacial score (nSPS) is 19.0. The zero-order valence-electron chi connectivity index (χ0n) is 21.2. The van der Waals surface area contributed by atoms with Crippen LogP contribution >= 0.6 is 0 Å². The number of anilines is 1. The summed E-state index contributed by atoms with van der Waals surface area (Å²) in [7, 11) is 0. The van der Waals surface area contributed by atoms with Gasteiger partial charge in [0.1, 0.15) is 18.7 Å². The second-order valence-corrected chi connectivity index (χ2v) is 9.80. The molecule has 4 aromatic carbocycles. The van der Waals surface area contributed by atoms with Gasteiger partial charge in [-0.15, -0.1) is 0 Å². The Labute approximate surface area is 227 Å². The number of nitrogen functional groups attached to an aromatic ring is 1. The highest BCUT2D eigenvalue weighted by Crippen LogP contribution is 2.36. The monoisotopic (exact) mass is 532 g/mol. The second-order valence-electron chi connectivity index (χ2n) is 9.80. The van der Waals surface area contributed by atoms with Crippen LogP contribution in [0.3, 0.4) is 0 Å². The van der Waals surface area contributed by atoms with Crippen LogP contribution in [0.5, 0.6) is 0 Å². The van der Waals surface area contributed by atoms with Crippen molar-refractivity contribution in [2.24, 2.45) is 0 Å². The standard InChI is InChI=1S/C30H24N6O4/c31-28-27-29(34-15-33-28)36(24-13-21(38)22(14-37)40-24)23(35-27)5-2-12-32-30(39)20-11-9-18-7-6-16-3-1-4-17-8-10-19(20)26(18)25(16)17/h1,3-4,6-11,15,21-22,24,37-38H,12-14H2,(H,32,39)(H2,31,33,34)/t21-,22-,24-/m1/s1. The SMILES string of the molecule is Nc1ncnc2c1nc(C#CCNC(=O)c1ccc3ccc4cccc5ccc1c3c45)n2[C@H]1C[C@@H](O)[C@@H](CO)O1. The third-order valence-corrected chi connectivity index (χ3v) is 7.49. The summed E-state index contributed by atoms with van der Waals surface area (Å²) in [5, 5.41) is 29.1. The van der Waals surface area contributed by atoms with E-state index in [1.165, 1.54) is 6.33 Å². The molecule has 0 spiro atoms. The lowest BCUT2D eigenvalue weighted by molar-refractivity contribution is -0.0434. The Bertz CT molecular complexity index is 1980. The molecule has 5 N–H and O–H groups in total. The summed E-state index contributed by atoms with van der Waals surface area (Å²) in [6, 6.07) is 18.2. The number of imidazole rings is 1. The number of hydrogen-bond acceptors (Lipinski definition) is 8. The lowest BCUT2D eigenvalue weighted by Crippen LogP contribution is -2.24. The van der Waals surface area contributed by atoms with Crippen LogP contribution in [-0.2, 0) is 4.74 Å². The number of nitrogens with two attached hydrogens (primary N) is 1. The minimum atomic E-state index is -0.850. The van der Waals surface area contributed by atoms with E-state index in [2.05, 4.69) is 56.4 Å². The van der Waals surface area contributed by atoms with E-state index in [1.54, 1.807) is 4.57 Å². The number of nitrogens with one attached hydrogen (secondary N) is 1. The van der Waals surface area contributed by atoms with Crippen molar-refractivity contribution in [3.8, 4) is 11.8 Å². The highest BCUT2D eigenvalue weighted by Gasteiger charge is 2.36. The lowest BCUT2D eigenvalue weighted by atomic mass is 9.92. The summed E-state index contributed by atoms with van der Waals surface area (Å²) in [6.45, 7) is -0.254. The molecule has 40 heavy (non-hydrogen) atoms. The van der Waals surface area contributed by atoms with Gasteiger partial charge in [0.2, 0.25) is 0 Å². The Morgan fingerprint density at radius 3 is 2.60 bits per heavy atom. The number of carbonyl (C=O) groups is 1. The molecule has 2 aromatic heterocycles. The van der Waals surface area contributed by atoms with Crippen LogP contribution < -0.4 is 11.1 Å². The van der Waals surface area contributed by atoms with Crippen LogP contribution in [0, 0.1) is 11.8 Å². The quantitative estimate of drug-likeness (QED) is 0.200. The van der Waals surface area contributed by atoms with Crippen LogP contribution in [0.15, 0.2) is 60.9 Å². The van der Waals surface area contributed by atoms with Gasteiger partial charge in [-0.3, -0.25) is 9.36 Å². The minimum Gasteiger partial charge on any atom is -0.394 e. The number of nitrogens with zero attached hydrogens (tertiary/aromatic N) is 4. The maximum absolute atomic E-state index is 13.3. The van der Waals surface area contributed by atoms with Gasteiger partial charge in [0.05, 0.1) is 19.3 Å². The molecule has 6 aromatic rings. The molecule has 3 heterocycles. The smallest absolute Gasteiger partial charge is 0.252 e. The summed E-state index contributed by atoms with van der Waals surface area (Å²) < 4.78 is 7.47. The number of benzene rings is 4. The Morgan fingerprint density at radius 2 is 1.82 bits per heavy atom. The van der Waals surface area contributed by atoms with Gasteiger partial charge in [-0.05, 0) is 44.3 Å². The van der Waals surface area contributed by atoms with Gasteiger partial charge in [0.15, 0.2) is 22.8 Å². The van der Waals surface area contributed by atoms with Gasteiger partial charge in [0.25, 0.3) is 5.91 Å². The van der Waals surface area contributed by atoms with E-state index in [0.717, 1.165) is 32.3 Å². The van der Waals surface area contributed by atoms with Crippen molar-refractivity contribution >= 4 is 55.2 Å². The summed E-state index contributed by atoms with van der Waals surface area (Å²) in [6.07, 6.45) is -0.689. The number of aromatic nitrogens is 4. The molecule has 0 aliphatic carbocycles. The van der Waals surface area contributed by atoms with E-state index in [1.807, 2.05) is 30.3 Å². The fourth-order valence-electron chi connectivity index (χ4n) is 5.60. The third kappa shape index (κ3) is 3.79. The fourth-order valence-corrected chi connectivity index (χ4v) is 5.60. The number of ether oxygens (including phenoxy) is 1. The highest BCUT2D eigenvalue weighted by molar-refractivity contribution is 6.26. The van der Waals surface area contributed by atoms with Crippen molar-refractivity contribution in [1.29, 1.82) is 0 Å². The largest absolute Gasteiger partial charge is 0.394 e. The first-order chi connectivity index (χ1) is 19.5. The number of amides is 1. The number of fused-ring (bicyclic) bond motifs is 1. The van der Waals surface area contributed by atoms with Crippen LogP contribution in [0.25, 0.3) is 43.5 Å². The predicted octanol–water partition coefficient (Wildman–Crippen LogP) is 2.73. The average molecular weight is 533 g/mol. The predicted molar refractivity (Wildman–Crippen MR) is 151 cm³/mol. The molecule has 3 atom stereocenters. The van der Waals surface area contributed by atoms with E-state index in [-0.39, 0.29) is 31.3 Å². The number of aliphatic hydroxyl groups is 2. The molecule has 1 amide bonds. The van der Waals surface area contributed by atoms with Crippen molar-refractivity contribution in [1.82, 2.24) is 24.8 Å². The molecular formula is C30H24N6O4. The molecule has 10 nitrogen and oxygen atoms in total. The average Bonchev–Trinajstić information content (AvgIpc) is 3.54. The molecule has 198 valence electrons. The second kappa shape index (κ2) is 9.43. The minimum absolute atomic E-state index is 0.0680. The molecule has 0 saturated carbocycles. The molecule has 0 bridgehead atoms. The van der Waals surface area contributed by atoms with Crippen LogP contribution in [-0.4, -0.2) is 61.0 Å². The van der Waals surface area contributed by atoms with Crippen LogP contribution in [0.2, 0.25) is 0 Å². The fraction of sp³-hybridized carbons (Fsp3) is 0.200. The van der Waals surface area contributed by atoms with E-state index >= 15 is 0 Å². The first-order valence-corrected chi connectivity index (χ1v) is 12.9. The van der Waals surface area contributed by atoms with Gasteiger partial charge in [-0.2, -0.15) is 0 Å². The summed E-state index contributed by atoms with van der Waals surface area (Å²) in [5.41, 5.74) is 7.35.